The molecule has 0 amide bonds. The molecule has 6 heteroatoms. The molecule has 0 radical (unpaired) electrons. The van der Waals surface area contributed by atoms with Gasteiger partial charge >= 0.3 is 0 Å². The third kappa shape index (κ3) is 2.74. The van der Waals surface area contributed by atoms with E-state index in [-0.39, 0.29) is 0 Å². The summed E-state index contributed by atoms with van der Waals surface area (Å²) in [5, 5.41) is 10.3. The zero-order valence-electron chi connectivity index (χ0n) is 10.1. The minimum absolute atomic E-state index is 0.554. The van der Waals surface area contributed by atoms with Crippen LogP contribution >= 0.6 is 0 Å². The Labute approximate surface area is 110 Å². The maximum absolute atomic E-state index is 4.36. The summed E-state index contributed by atoms with van der Waals surface area (Å²) in [6.07, 6.45) is 4.87. The van der Waals surface area contributed by atoms with Crippen LogP contribution in [0.3, 0.4) is 0 Å². The number of nitrogens with zero attached hydrogens (tertiary/aromatic N) is 4. The molecule has 0 fully saturated rings. The Kier molecular flexibility index (Phi) is 3.14. The van der Waals surface area contributed by atoms with Gasteiger partial charge in [0.05, 0.1) is 12.7 Å². The molecule has 0 atom stereocenters. The highest BCUT2D eigenvalue weighted by Gasteiger charge is 2.06. The van der Waals surface area contributed by atoms with E-state index in [9.17, 15) is 0 Å². The Bertz CT molecular complexity index is 635. The zero-order chi connectivity index (χ0) is 12.9. The second-order valence-electron chi connectivity index (χ2n) is 3.92. The summed E-state index contributed by atoms with van der Waals surface area (Å²) in [5.41, 5.74) is 1.70. The van der Waals surface area contributed by atoms with Gasteiger partial charge in [0.2, 0.25) is 5.82 Å². The molecule has 94 valence electrons. The fraction of sp³-hybridized carbons (Fsp3) is 0.0769. The van der Waals surface area contributed by atoms with Crippen molar-refractivity contribution in [2.24, 2.45) is 0 Å². The largest absolute Gasteiger partial charge is 0.378 e. The first kappa shape index (κ1) is 11.3. The van der Waals surface area contributed by atoms with Gasteiger partial charge in [-0.05, 0) is 12.1 Å². The quantitative estimate of drug-likeness (QED) is 0.741. The molecule has 19 heavy (non-hydrogen) atoms. The highest BCUT2D eigenvalue weighted by molar-refractivity contribution is 5.46. The Morgan fingerprint density at radius 3 is 2.79 bits per heavy atom. The van der Waals surface area contributed by atoms with Crippen LogP contribution in [0.2, 0.25) is 0 Å². The maximum atomic E-state index is 4.36. The van der Waals surface area contributed by atoms with Gasteiger partial charge in [-0.3, -0.25) is 10.1 Å². The third-order valence-electron chi connectivity index (χ3n) is 2.56. The predicted molar refractivity (Wildman–Crippen MR) is 71.2 cm³/mol. The van der Waals surface area contributed by atoms with E-state index < -0.39 is 0 Å². The second kappa shape index (κ2) is 5.26. The van der Waals surface area contributed by atoms with Crippen molar-refractivity contribution in [3.63, 3.8) is 0 Å². The summed E-state index contributed by atoms with van der Waals surface area (Å²) in [4.78, 5) is 12.5. The van der Waals surface area contributed by atoms with Crippen molar-refractivity contribution in [3.8, 4) is 11.5 Å². The van der Waals surface area contributed by atoms with E-state index in [0.29, 0.717) is 18.1 Å². The number of aromatic amines is 1. The maximum Gasteiger partial charge on any atom is 0.201 e. The minimum Gasteiger partial charge on any atom is -0.378 e. The van der Waals surface area contributed by atoms with Crippen molar-refractivity contribution in [2.75, 3.05) is 5.32 Å². The third-order valence-corrected chi connectivity index (χ3v) is 2.56. The Balaban J connectivity index is 1.69. The summed E-state index contributed by atoms with van der Waals surface area (Å²) in [5.74, 6) is 1.31. The van der Waals surface area contributed by atoms with Crippen molar-refractivity contribution in [1.29, 1.82) is 0 Å². The molecule has 0 bridgehead atoms. The van der Waals surface area contributed by atoms with E-state index in [1.54, 1.807) is 18.6 Å². The number of hydrogen-bond acceptors (Lipinski definition) is 5. The van der Waals surface area contributed by atoms with Gasteiger partial charge in [0.15, 0.2) is 0 Å². The standard InChI is InChI=1S/C13H12N6/c1-2-4-10(5-3-1)16-9-12-17-13(19-18-12)11-8-14-6-7-15-11/h1-8,16H,9H2,(H,17,18,19). The van der Waals surface area contributed by atoms with Gasteiger partial charge < -0.3 is 5.32 Å². The van der Waals surface area contributed by atoms with Gasteiger partial charge in [-0.25, -0.2) is 9.97 Å². The number of hydrogen-bond donors (Lipinski definition) is 2. The fourth-order valence-electron chi connectivity index (χ4n) is 1.65. The predicted octanol–water partition coefficient (Wildman–Crippen LogP) is 1.87. The Morgan fingerprint density at radius 1 is 1.11 bits per heavy atom. The Hall–Kier alpha value is -2.76. The number of benzene rings is 1. The van der Waals surface area contributed by atoms with Gasteiger partial charge in [0.1, 0.15) is 11.5 Å². The van der Waals surface area contributed by atoms with Crippen LogP contribution in [0.5, 0.6) is 0 Å². The van der Waals surface area contributed by atoms with Gasteiger partial charge in [0, 0.05) is 18.1 Å². The molecule has 0 aliphatic carbocycles. The normalized spacial score (nSPS) is 10.3. The van der Waals surface area contributed by atoms with Crippen molar-refractivity contribution < 1.29 is 0 Å². The summed E-state index contributed by atoms with van der Waals surface area (Å²) in [6, 6.07) is 9.94. The number of anilines is 1. The minimum atomic E-state index is 0.554. The van der Waals surface area contributed by atoms with Crippen molar-refractivity contribution >= 4 is 5.69 Å². The SMILES string of the molecule is c1ccc(NCc2nc(-c3cnccn3)n[nH]2)cc1. The van der Waals surface area contributed by atoms with E-state index in [4.69, 9.17) is 0 Å². The smallest absolute Gasteiger partial charge is 0.201 e. The van der Waals surface area contributed by atoms with Crippen LogP contribution in [-0.2, 0) is 6.54 Å². The molecule has 2 aromatic heterocycles. The monoisotopic (exact) mass is 252 g/mol. The molecule has 0 spiro atoms. The lowest BCUT2D eigenvalue weighted by atomic mass is 10.3. The molecule has 0 aliphatic heterocycles. The van der Waals surface area contributed by atoms with Crippen molar-refractivity contribution in [1.82, 2.24) is 25.1 Å². The van der Waals surface area contributed by atoms with Crippen LogP contribution in [0.1, 0.15) is 5.82 Å². The number of H-pyrrole nitrogens is 1. The van der Waals surface area contributed by atoms with E-state index in [0.717, 1.165) is 11.5 Å². The van der Waals surface area contributed by atoms with Crippen molar-refractivity contribution in [2.45, 2.75) is 6.54 Å². The lowest BCUT2D eigenvalue weighted by Gasteiger charge is -2.02. The molecule has 0 aliphatic rings. The number of para-hydroxylation sites is 1. The van der Waals surface area contributed by atoms with Crippen LogP contribution in [0.25, 0.3) is 11.5 Å². The van der Waals surface area contributed by atoms with E-state index in [1.807, 2.05) is 30.3 Å². The zero-order valence-corrected chi connectivity index (χ0v) is 10.1. The molecule has 2 heterocycles. The van der Waals surface area contributed by atoms with Crippen LogP contribution in [0.4, 0.5) is 5.69 Å². The molecule has 3 rings (SSSR count). The molecular weight excluding hydrogens is 240 g/mol. The average molecular weight is 252 g/mol. The molecule has 0 unspecified atom stereocenters. The van der Waals surface area contributed by atoms with Crippen LogP contribution in [0.15, 0.2) is 48.9 Å². The number of rotatable bonds is 4. The summed E-state index contributed by atoms with van der Waals surface area (Å²) >= 11 is 0. The first-order valence-corrected chi connectivity index (χ1v) is 5.88. The van der Waals surface area contributed by atoms with Crippen LogP contribution in [0, 0.1) is 0 Å². The molecule has 2 N–H and O–H groups in total. The van der Waals surface area contributed by atoms with Gasteiger partial charge in [-0.15, -0.1) is 0 Å². The molecule has 1 aromatic carbocycles. The van der Waals surface area contributed by atoms with Gasteiger partial charge in [0.25, 0.3) is 0 Å². The molecular formula is C13H12N6. The second-order valence-corrected chi connectivity index (χ2v) is 3.92. The first-order chi connectivity index (χ1) is 9.42. The van der Waals surface area contributed by atoms with Gasteiger partial charge in [-0.2, -0.15) is 5.10 Å². The topological polar surface area (TPSA) is 79.4 Å². The van der Waals surface area contributed by atoms with E-state index >= 15 is 0 Å². The summed E-state index contributed by atoms with van der Waals surface area (Å²) in [7, 11) is 0. The molecule has 0 saturated heterocycles. The number of nitrogens with one attached hydrogen (secondary N) is 2. The van der Waals surface area contributed by atoms with Gasteiger partial charge in [-0.1, -0.05) is 18.2 Å². The molecule has 3 aromatic rings. The summed E-state index contributed by atoms with van der Waals surface area (Å²) < 4.78 is 0. The highest BCUT2D eigenvalue weighted by atomic mass is 15.2. The number of aromatic nitrogens is 5. The molecule has 6 nitrogen and oxygen atoms in total. The van der Waals surface area contributed by atoms with E-state index in [2.05, 4.69) is 30.5 Å². The van der Waals surface area contributed by atoms with Crippen LogP contribution < -0.4 is 5.32 Å². The molecule has 0 saturated carbocycles. The fourth-order valence-corrected chi connectivity index (χ4v) is 1.65. The lowest BCUT2D eigenvalue weighted by molar-refractivity contribution is 0.955. The first-order valence-electron chi connectivity index (χ1n) is 5.88. The Morgan fingerprint density at radius 2 is 2.00 bits per heavy atom. The summed E-state index contributed by atoms with van der Waals surface area (Å²) in [6.45, 7) is 0.581. The highest BCUT2D eigenvalue weighted by Crippen LogP contribution is 2.10. The van der Waals surface area contributed by atoms with Crippen molar-refractivity contribution in [3.05, 3.63) is 54.7 Å². The average Bonchev–Trinajstić information content (AvgIpc) is 2.96. The van der Waals surface area contributed by atoms with Crippen LogP contribution in [-0.4, -0.2) is 25.1 Å². The van der Waals surface area contributed by atoms with E-state index in [1.165, 1.54) is 0 Å². The lowest BCUT2D eigenvalue weighted by Crippen LogP contribution is -2.00.